The lowest BCUT2D eigenvalue weighted by Gasteiger charge is -1.99. The van der Waals surface area contributed by atoms with Crippen molar-refractivity contribution in [3.63, 3.8) is 0 Å². The summed E-state index contributed by atoms with van der Waals surface area (Å²) in [7, 11) is 0. The number of carboxylic acids is 1. The van der Waals surface area contributed by atoms with Gasteiger partial charge in [0.05, 0.1) is 6.54 Å². The minimum atomic E-state index is -1.13. The second-order valence-corrected chi connectivity index (χ2v) is 6.03. The Morgan fingerprint density at radius 2 is 2.17 bits per heavy atom. The van der Waals surface area contributed by atoms with E-state index in [0.29, 0.717) is 6.54 Å². The van der Waals surface area contributed by atoms with Gasteiger partial charge in [-0.2, -0.15) is 0 Å². The maximum atomic E-state index is 11.7. The highest BCUT2D eigenvalue weighted by molar-refractivity contribution is 9.10. The zero-order valence-electron chi connectivity index (χ0n) is 8.84. The largest absolute Gasteiger partial charge is 0.476 e. The van der Waals surface area contributed by atoms with Crippen LogP contribution in [-0.4, -0.2) is 22.0 Å². The highest BCUT2D eigenvalue weighted by Gasteiger charge is 2.14. The van der Waals surface area contributed by atoms with Gasteiger partial charge < -0.3 is 10.4 Å². The van der Waals surface area contributed by atoms with Gasteiger partial charge in [-0.1, -0.05) is 0 Å². The molecular weight excluding hydrogens is 340 g/mol. The summed E-state index contributed by atoms with van der Waals surface area (Å²) in [6.45, 7) is 0.400. The molecule has 0 bridgehead atoms. The number of aromatic nitrogens is 1. The number of carbonyl (C=O) groups excluding carboxylic acids is 1. The summed E-state index contributed by atoms with van der Waals surface area (Å²) in [5, 5.41) is 14.8. The monoisotopic (exact) mass is 346 g/mol. The van der Waals surface area contributed by atoms with Crippen LogP contribution in [0.1, 0.15) is 25.2 Å². The van der Waals surface area contributed by atoms with Crippen LogP contribution in [0.15, 0.2) is 21.3 Å². The molecule has 8 heteroatoms. The molecule has 0 aliphatic heterocycles. The Balaban J connectivity index is 1.97. The van der Waals surface area contributed by atoms with E-state index < -0.39 is 5.97 Å². The number of rotatable bonds is 4. The van der Waals surface area contributed by atoms with Crippen molar-refractivity contribution in [1.82, 2.24) is 10.3 Å². The molecule has 2 N–H and O–H groups in total. The smallest absolute Gasteiger partial charge is 0.355 e. The van der Waals surface area contributed by atoms with Gasteiger partial charge >= 0.3 is 5.97 Å². The molecule has 2 aromatic rings. The lowest BCUT2D eigenvalue weighted by atomic mass is 10.4. The van der Waals surface area contributed by atoms with Crippen LogP contribution in [-0.2, 0) is 6.54 Å². The van der Waals surface area contributed by atoms with E-state index in [1.165, 1.54) is 16.7 Å². The van der Waals surface area contributed by atoms with E-state index in [-0.39, 0.29) is 16.6 Å². The maximum Gasteiger partial charge on any atom is 0.355 e. The molecule has 0 aliphatic rings. The number of nitrogens with zero attached hydrogens (tertiary/aromatic N) is 1. The summed E-state index contributed by atoms with van der Waals surface area (Å²) in [6, 6.07) is 1.91. The Kier molecular flexibility index (Phi) is 4.10. The van der Waals surface area contributed by atoms with Crippen molar-refractivity contribution >= 4 is 50.5 Å². The van der Waals surface area contributed by atoms with Gasteiger partial charge in [0.2, 0.25) is 0 Å². The maximum absolute atomic E-state index is 11.7. The van der Waals surface area contributed by atoms with E-state index >= 15 is 0 Å². The number of aromatic carboxylic acids is 1. The summed E-state index contributed by atoms with van der Waals surface area (Å²) < 4.78 is 0.971. The fourth-order valence-electron chi connectivity index (χ4n) is 1.17. The standard InChI is InChI=1S/C10H7BrN2O3S2/c11-5-1-6(17-3-5)2-12-8(14)9-13-7(4-18-9)10(15)16/h1,3-4H,2H2,(H,12,14)(H,15,16). The Morgan fingerprint density at radius 3 is 2.72 bits per heavy atom. The average molecular weight is 347 g/mol. The highest BCUT2D eigenvalue weighted by Crippen LogP contribution is 2.19. The van der Waals surface area contributed by atoms with E-state index in [2.05, 4.69) is 26.2 Å². The molecule has 0 atom stereocenters. The number of carboxylic acid groups (broad SMARTS) is 1. The van der Waals surface area contributed by atoms with Crippen molar-refractivity contribution in [3.8, 4) is 0 Å². The van der Waals surface area contributed by atoms with Gasteiger partial charge in [0.15, 0.2) is 10.7 Å². The molecule has 0 spiro atoms. The van der Waals surface area contributed by atoms with Crippen LogP contribution >= 0.6 is 38.6 Å². The van der Waals surface area contributed by atoms with E-state index in [1.807, 2.05) is 11.4 Å². The van der Waals surface area contributed by atoms with Crippen LogP contribution < -0.4 is 5.32 Å². The quantitative estimate of drug-likeness (QED) is 0.891. The second-order valence-electron chi connectivity index (χ2n) is 3.26. The number of amides is 1. The minimum absolute atomic E-state index is 0.107. The molecule has 2 aromatic heterocycles. The second kappa shape index (κ2) is 5.59. The van der Waals surface area contributed by atoms with E-state index in [9.17, 15) is 9.59 Å². The number of hydrogen-bond donors (Lipinski definition) is 2. The molecular formula is C10H7BrN2O3S2. The van der Waals surface area contributed by atoms with Gasteiger partial charge in [-0.15, -0.1) is 22.7 Å². The van der Waals surface area contributed by atoms with E-state index in [4.69, 9.17) is 5.11 Å². The normalized spacial score (nSPS) is 10.3. The van der Waals surface area contributed by atoms with Crippen molar-refractivity contribution in [1.29, 1.82) is 0 Å². The molecule has 0 fully saturated rings. The highest BCUT2D eigenvalue weighted by atomic mass is 79.9. The number of halogens is 1. The molecule has 5 nitrogen and oxygen atoms in total. The molecule has 18 heavy (non-hydrogen) atoms. The third kappa shape index (κ3) is 3.15. The Labute approximate surface area is 119 Å². The third-order valence-corrected chi connectivity index (χ3v) is 4.50. The van der Waals surface area contributed by atoms with Crippen LogP contribution in [0.5, 0.6) is 0 Å². The van der Waals surface area contributed by atoms with Crippen LogP contribution in [0.3, 0.4) is 0 Å². The molecule has 0 saturated carbocycles. The Bertz CT molecular complexity index is 593. The van der Waals surface area contributed by atoms with E-state index in [1.54, 1.807) is 0 Å². The number of nitrogens with one attached hydrogen (secondary N) is 1. The van der Waals surface area contributed by atoms with Gasteiger partial charge in [0.25, 0.3) is 5.91 Å². The first-order chi connectivity index (χ1) is 8.56. The first-order valence-electron chi connectivity index (χ1n) is 4.76. The molecule has 0 saturated heterocycles. The average Bonchev–Trinajstić information content (AvgIpc) is 2.94. The first-order valence-corrected chi connectivity index (χ1v) is 7.31. The number of thiazole rings is 1. The lowest BCUT2D eigenvalue weighted by molar-refractivity contribution is 0.0691. The Morgan fingerprint density at radius 1 is 1.39 bits per heavy atom. The van der Waals surface area contributed by atoms with Gasteiger partial charge in [0.1, 0.15) is 0 Å². The summed E-state index contributed by atoms with van der Waals surface area (Å²) in [5.41, 5.74) is -0.107. The predicted octanol–water partition coefficient (Wildman–Crippen LogP) is 2.60. The van der Waals surface area contributed by atoms with Crippen LogP contribution in [0.4, 0.5) is 0 Å². The van der Waals surface area contributed by atoms with Gasteiger partial charge in [-0.3, -0.25) is 4.79 Å². The SMILES string of the molecule is O=C(O)c1csc(C(=O)NCc2cc(Br)cs2)n1. The zero-order valence-corrected chi connectivity index (χ0v) is 12.1. The van der Waals surface area contributed by atoms with Crippen molar-refractivity contribution in [3.05, 3.63) is 36.9 Å². The molecule has 2 rings (SSSR count). The van der Waals surface area contributed by atoms with Crippen LogP contribution in [0.2, 0.25) is 0 Å². The summed E-state index contributed by atoms with van der Waals surface area (Å²) in [6.07, 6.45) is 0. The third-order valence-electron chi connectivity index (χ3n) is 1.96. The van der Waals surface area contributed by atoms with Gasteiger partial charge in [0, 0.05) is 20.1 Å². The minimum Gasteiger partial charge on any atom is -0.476 e. The molecule has 94 valence electrons. The molecule has 0 aromatic carbocycles. The molecule has 0 radical (unpaired) electrons. The van der Waals surface area contributed by atoms with Crippen LogP contribution in [0, 0.1) is 0 Å². The summed E-state index contributed by atoms with van der Waals surface area (Å²) in [4.78, 5) is 27.1. The fraction of sp³-hybridized carbons (Fsp3) is 0.100. The number of thiophene rings is 1. The Hall–Kier alpha value is -1.25. The van der Waals surface area contributed by atoms with Crippen molar-refractivity contribution in [2.24, 2.45) is 0 Å². The summed E-state index contributed by atoms with van der Waals surface area (Å²) >= 11 is 5.87. The first kappa shape index (κ1) is 13.2. The van der Waals surface area contributed by atoms with Crippen molar-refractivity contribution < 1.29 is 14.7 Å². The molecule has 0 aliphatic carbocycles. The zero-order chi connectivity index (χ0) is 13.1. The van der Waals surface area contributed by atoms with Crippen molar-refractivity contribution in [2.75, 3.05) is 0 Å². The lowest BCUT2D eigenvalue weighted by Crippen LogP contribution is -2.22. The fourth-order valence-corrected chi connectivity index (χ4v) is 3.26. The molecule has 0 unspecified atom stereocenters. The number of hydrogen-bond acceptors (Lipinski definition) is 5. The van der Waals surface area contributed by atoms with Gasteiger partial charge in [-0.05, 0) is 22.0 Å². The summed E-state index contributed by atoms with van der Waals surface area (Å²) in [5.74, 6) is -1.50. The number of carbonyl (C=O) groups is 2. The van der Waals surface area contributed by atoms with Gasteiger partial charge in [-0.25, -0.2) is 9.78 Å². The molecule has 2 heterocycles. The topological polar surface area (TPSA) is 79.3 Å². The van der Waals surface area contributed by atoms with Crippen molar-refractivity contribution in [2.45, 2.75) is 6.54 Å². The molecule has 1 amide bonds. The van der Waals surface area contributed by atoms with Crippen LogP contribution in [0.25, 0.3) is 0 Å². The van der Waals surface area contributed by atoms with E-state index in [0.717, 1.165) is 20.7 Å². The predicted molar refractivity (Wildman–Crippen MR) is 72.3 cm³/mol.